The van der Waals surface area contributed by atoms with E-state index in [9.17, 15) is 9.59 Å². The third-order valence-electron chi connectivity index (χ3n) is 2.15. The molecule has 1 aromatic rings. The van der Waals surface area contributed by atoms with Gasteiger partial charge in [-0.05, 0) is 18.1 Å². The third kappa shape index (κ3) is 5.60. The number of carboxylic acid groups (broad SMARTS) is 1. The molecule has 0 radical (unpaired) electrons. The Hall–Kier alpha value is -1.98. The fourth-order valence-electron chi connectivity index (χ4n) is 1.38. The lowest BCUT2D eigenvalue weighted by Gasteiger charge is -2.08. The summed E-state index contributed by atoms with van der Waals surface area (Å²) in [6, 6.07) is 3.50. The van der Waals surface area contributed by atoms with E-state index in [1.807, 2.05) is 0 Å². The highest BCUT2D eigenvalue weighted by Crippen LogP contribution is 2.06. The molecule has 1 heterocycles. The molecule has 1 aromatic heterocycles. The SMILES string of the molecule is CC(CC(=O)O)CC(=O)NCc1cccnn1. The standard InChI is InChI=1S/C11H15N3O3/c1-8(6-11(16)17)5-10(15)12-7-9-3-2-4-13-14-9/h2-4,8H,5-7H2,1H3,(H,12,15)(H,16,17). The van der Waals surface area contributed by atoms with Crippen LogP contribution in [-0.4, -0.2) is 27.2 Å². The van der Waals surface area contributed by atoms with Crippen molar-refractivity contribution >= 4 is 11.9 Å². The van der Waals surface area contributed by atoms with Crippen LogP contribution in [0.2, 0.25) is 0 Å². The molecule has 0 aromatic carbocycles. The van der Waals surface area contributed by atoms with Crippen LogP contribution in [0.1, 0.15) is 25.5 Å². The Morgan fingerprint density at radius 2 is 2.24 bits per heavy atom. The topological polar surface area (TPSA) is 92.2 Å². The maximum Gasteiger partial charge on any atom is 0.303 e. The minimum absolute atomic E-state index is 0.00143. The average Bonchev–Trinajstić information content (AvgIpc) is 2.26. The molecule has 17 heavy (non-hydrogen) atoms. The van der Waals surface area contributed by atoms with Crippen LogP contribution in [0.3, 0.4) is 0 Å². The van der Waals surface area contributed by atoms with E-state index in [4.69, 9.17) is 5.11 Å². The van der Waals surface area contributed by atoms with Gasteiger partial charge in [0.25, 0.3) is 0 Å². The van der Waals surface area contributed by atoms with E-state index in [0.29, 0.717) is 12.2 Å². The van der Waals surface area contributed by atoms with Crippen molar-refractivity contribution in [3.05, 3.63) is 24.0 Å². The molecule has 6 heteroatoms. The van der Waals surface area contributed by atoms with Crippen molar-refractivity contribution in [2.24, 2.45) is 5.92 Å². The number of aliphatic carboxylic acids is 1. The minimum Gasteiger partial charge on any atom is -0.481 e. The molecule has 1 rings (SSSR count). The molecule has 1 amide bonds. The van der Waals surface area contributed by atoms with Crippen LogP contribution in [0, 0.1) is 5.92 Å². The fraction of sp³-hybridized carbons (Fsp3) is 0.455. The highest BCUT2D eigenvalue weighted by atomic mass is 16.4. The zero-order valence-corrected chi connectivity index (χ0v) is 9.59. The van der Waals surface area contributed by atoms with Crippen LogP contribution in [0.4, 0.5) is 0 Å². The molecular formula is C11H15N3O3. The van der Waals surface area contributed by atoms with E-state index in [0.717, 1.165) is 0 Å². The summed E-state index contributed by atoms with van der Waals surface area (Å²) < 4.78 is 0. The number of carboxylic acids is 1. The monoisotopic (exact) mass is 237 g/mol. The predicted molar refractivity (Wildman–Crippen MR) is 59.9 cm³/mol. The van der Waals surface area contributed by atoms with Gasteiger partial charge in [-0.3, -0.25) is 9.59 Å². The van der Waals surface area contributed by atoms with Crippen LogP contribution >= 0.6 is 0 Å². The number of carbonyl (C=O) groups is 2. The Balaban J connectivity index is 2.28. The maximum atomic E-state index is 11.5. The van der Waals surface area contributed by atoms with E-state index >= 15 is 0 Å². The molecule has 0 aliphatic carbocycles. The molecule has 0 aliphatic rings. The lowest BCUT2D eigenvalue weighted by atomic mass is 10.0. The van der Waals surface area contributed by atoms with Gasteiger partial charge in [0.1, 0.15) is 0 Å². The summed E-state index contributed by atoms with van der Waals surface area (Å²) >= 11 is 0. The molecule has 0 aliphatic heterocycles. The number of amides is 1. The van der Waals surface area contributed by atoms with Crippen molar-refractivity contribution in [2.75, 3.05) is 0 Å². The van der Waals surface area contributed by atoms with Crippen molar-refractivity contribution in [1.82, 2.24) is 15.5 Å². The zero-order valence-electron chi connectivity index (χ0n) is 9.59. The summed E-state index contributed by atoms with van der Waals surface area (Å²) in [6.07, 6.45) is 1.76. The first kappa shape index (κ1) is 13.1. The second-order valence-corrected chi connectivity index (χ2v) is 3.90. The van der Waals surface area contributed by atoms with Gasteiger partial charge in [-0.2, -0.15) is 10.2 Å². The van der Waals surface area contributed by atoms with E-state index in [-0.39, 0.29) is 24.7 Å². The Morgan fingerprint density at radius 1 is 1.47 bits per heavy atom. The minimum atomic E-state index is -0.890. The van der Waals surface area contributed by atoms with Gasteiger partial charge in [-0.25, -0.2) is 0 Å². The summed E-state index contributed by atoms with van der Waals surface area (Å²) in [5.74, 6) is -1.24. The van der Waals surface area contributed by atoms with E-state index in [2.05, 4.69) is 15.5 Å². The first-order chi connectivity index (χ1) is 8.08. The number of hydrogen-bond donors (Lipinski definition) is 2. The van der Waals surface area contributed by atoms with Gasteiger partial charge >= 0.3 is 5.97 Å². The van der Waals surface area contributed by atoms with Gasteiger partial charge in [0.05, 0.1) is 12.2 Å². The average molecular weight is 237 g/mol. The highest BCUT2D eigenvalue weighted by molar-refractivity contribution is 5.77. The third-order valence-corrected chi connectivity index (χ3v) is 2.15. The Bertz CT molecular complexity index is 381. The lowest BCUT2D eigenvalue weighted by Crippen LogP contribution is -2.25. The molecule has 0 spiro atoms. The van der Waals surface area contributed by atoms with E-state index in [1.54, 1.807) is 25.3 Å². The molecule has 0 saturated carbocycles. The summed E-state index contributed by atoms with van der Waals surface area (Å²) in [6.45, 7) is 2.04. The normalized spacial score (nSPS) is 11.8. The Morgan fingerprint density at radius 3 is 2.82 bits per heavy atom. The number of aromatic nitrogens is 2. The molecular weight excluding hydrogens is 222 g/mol. The molecule has 0 saturated heterocycles. The summed E-state index contributed by atoms with van der Waals surface area (Å²) in [5.41, 5.74) is 0.673. The molecule has 92 valence electrons. The van der Waals surface area contributed by atoms with Crippen molar-refractivity contribution in [2.45, 2.75) is 26.3 Å². The Kier molecular flexibility index (Phi) is 5.06. The van der Waals surface area contributed by atoms with Crippen LogP contribution in [0.15, 0.2) is 18.3 Å². The molecule has 0 bridgehead atoms. The number of rotatable bonds is 6. The van der Waals surface area contributed by atoms with Gasteiger partial charge in [-0.1, -0.05) is 6.92 Å². The molecule has 1 atom stereocenters. The van der Waals surface area contributed by atoms with Crippen molar-refractivity contribution in [3.63, 3.8) is 0 Å². The van der Waals surface area contributed by atoms with Crippen molar-refractivity contribution in [3.8, 4) is 0 Å². The second-order valence-electron chi connectivity index (χ2n) is 3.90. The van der Waals surface area contributed by atoms with Gasteiger partial charge in [0.15, 0.2) is 0 Å². The summed E-state index contributed by atoms with van der Waals surface area (Å²) in [7, 11) is 0. The summed E-state index contributed by atoms with van der Waals surface area (Å²) in [5, 5.41) is 18.7. The zero-order chi connectivity index (χ0) is 12.7. The Labute approximate surface area is 99.1 Å². The molecule has 1 unspecified atom stereocenters. The number of nitrogens with zero attached hydrogens (tertiary/aromatic N) is 2. The van der Waals surface area contributed by atoms with Crippen LogP contribution in [-0.2, 0) is 16.1 Å². The van der Waals surface area contributed by atoms with Crippen LogP contribution in [0.5, 0.6) is 0 Å². The van der Waals surface area contributed by atoms with E-state index in [1.165, 1.54) is 0 Å². The first-order valence-electron chi connectivity index (χ1n) is 5.33. The lowest BCUT2D eigenvalue weighted by molar-refractivity contribution is -0.138. The van der Waals surface area contributed by atoms with Crippen LogP contribution < -0.4 is 5.32 Å². The quantitative estimate of drug-likeness (QED) is 0.755. The van der Waals surface area contributed by atoms with Gasteiger partial charge < -0.3 is 10.4 Å². The molecule has 6 nitrogen and oxygen atoms in total. The molecule has 0 fully saturated rings. The maximum absolute atomic E-state index is 11.5. The van der Waals surface area contributed by atoms with Crippen molar-refractivity contribution in [1.29, 1.82) is 0 Å². The van der Waals surface area contributed by atoms with Gasteiger partial charge in [0, 0.05) is 19.0 Å². The highest BCUT2D eigenvalue weighted by Gasteiger charge is 2.12. The predicted octanol–water partition coefficient (Wildman–Crippen LogP) is 0.594. The van der Waals surface area contributed by atoms with Gasteiger partial charge in [-0.15, -0.1) is 0 Å². The van der Waals surface area contributed by atoms with Crippen molar-refractivity contribution < 1.29 is 14.7 Å². The number of hydrogen-bond acceptors (Lipinski definition) is 4. The summed E-state index contributed by atoms with van der Waals surface area (Å²) in [4.78, 5) is 21.9. The second kappa shape index (κ2) is 6.57. The largest absolute Gasteiger partial charge is 0.481 e. The fourth-order valence-corrected chi connectivity index (χ4v) is 1.38. The van der Waals surface area contributed by atoms with Crippen LogP contribution in [0.25, 0.3) is 0 Å². The first-order valence-corrected chi connectivity index (χ1v) is 5.33. The number of nitrogens with one attached hydrogen (secondary N) is 1. The number of carbonyl (C=O) groups excluding carboxylic acids is 1. The van der Waals surface area contributed by atoms with E-state index < -0.39 is 5.97 Å². The molecule has 2 N–H and O–H groups in total. The smallest absolute Gasteiger partial charge is 0.303 e. The van der Waals surface area contributed by atoms with Gasteiger partial charge in [0.2, 0.25) is 5.91 Å².